The molecular formula is C15H13ClNO. The first-order chi connectivity index (χ1) is 8.70. The number of amides is 1. The molecule has 1 radical (unpaired) electrons. The fourth-order valence-electron chi connectivity index (χ4n) is 1.76. The summed E-state index contributed by atoms with van der Waals surface area (Å²) in [4.78, 5) is 12.6. The number of rotatable bonds is 4. The van der Waals surface area contributed by atoms with Gasteiger partial charge in [-0.15, -0.1) is 0 Å². The third-order valence-corrected chi connectivity index (χ3v) is 2.99. The van der Waals surface area contributed by atoms with E-state index in [9.17, 15) is 4.79 Å². The van der Waals surface area contributed by atoms with E-state index in [0.717, 1.165) is 11.1 Å². The molecule has 1 amide bonds. The first kappa shape index (κ1) is 12.7. The predicted molar refractivity (Wildman–Crippen MR) is 74.5 cm³/mol. The molecule has 0 aromatic heterocycles. The van der Waals surface area contributed by atoms with Gasteiger partial charge in [0, 0.05) is 0 Å². The van der Waals surface area contributed by atoms with Crippen LogP contribution in [0.15, 0.2) is 48.5 Å². The van der Waals surface area contributed by atoms with E-state index in [0.29, 0.717) is 17.3 Å². The summed E-state index contributed by atoms with van der Waals surface area (Å²) >= 11 is 6.15. The molecule has 0 aliphatic rings. The van der Waals surface area contributed by atoms with E-state index < -0.39 is 0 Å². The van der Waals surface area contributed by atoms with Crippen LogP contribution in [0.2, 0.25) is 5.02 Å². The molecule has 0 fully saturated rings. The van der Waals surface area contributed by atoms with Crippen LogP contribution in [-0.4, -0.2) is 6.41 Å². The number of halogens is 1. The topological polar surface area (TPSA) is 20.3 Å². The summed E-state index contributed by atoms with van der Waals surface area (Å²) in [6, 6.07) is 15.4. The lowest BCUT2D eigenvalue weighted by molar-refractivity contribution is 0.551. The quantitative estimate of drug-likeness (QED) is 0.766. The number of carbonyl (C=O) groups excluding carboxylic acids is 1. The molecule has 0 saturated carbocycles. The largest absolute Gasteiger partial charge is 0.317 e. The van der Waals surface area contributed by atoms with Crippen molar-refractivity contribution in [2.45, 2.75) is 13.5 Å². The molecule has 0 bridgehead atoms. The standard InChI is InChI=1S/C15H13ClNO/c1-12-7-8-15(14(16)9-12)17(11-18)10-13-5-3-2-4-6-13/h2-9H,10H2,1H3. The van der Waals surface area contributed by atoms with Crippen molar-refractivity contribution in [3.05, 3.63) is 64.7 Å². The molecule has 0 unspecified atom stereocenters. The molecule has 2 nitrogen and oxygen atoms in total. The summed E-state index contributed by atoms with van der Waals surface area (Å²) < 4.78 is 0. The first-order valence-electron chi connectivity index (χ1n) is 5.66. The molecule has 2 rings (SSSR count). The van der Waals surface area contributed by atoms with Gasteiger partial charge in [-0.05, 0) is 30.2 Å². The van der Waals surface area contributed by atoms with E-state index >= 15 is 0 Å². The Kier molecular flexibility index (Phi) is 4.00. The van der Waals surface area contributed by atoms with E-state index in [1.807, 2.05) is 61.9 Å². The lowest BCUT2D eigenvalue weighted by atomic mass is 10.2. The number of anilines is 1. The number of aryl methyl sites for hydroxylation is 1. The molecule has 0 atom stereocenters. The van der Waals surface area contributed by atoms with Gasteiger partial charge in [0.15, 0.2) is 0 Å². The molecule has 0 aliphatic carbocycles. The van der Waals surface area contributed by atoms with Gasteiger partial charge >= 0.3 is 6.41 Å². The molecule has 0 spiro atoms. The van der Waals surface area contributed by atoms with E-state index in [2.05, 4.69) is 0 Å². The average Bonchev–Trinajstić information content (AvgIpc) is 2.38. The number of hydrogen-bond donors (Lipinski definition) is 0. The van der Waals surface area contributed by atoms with Crippen molar-refractivity contribution in [2.75, 3.05) is 4.90 Å². The smallest absolute Gasteiger partial charge is 0.298 e. The van der Waals surface area contributed by atoms with Crippen molar-refractivity contribution < 1.29 is 4.79 Å². The minimum absolute atomic E-state index is 0.465. The number of nitrogens with zero attached hydrogens (tertiary/aromatic N) is 1. The Balaban J connectivity index is 2.26. The summed E-state index contributed by atoms with van der Waals surface area (Å²) in [6.07, 6.45) is 1.93. The molecule has 2 aromatic rings. The molecular weight excluding hydrogens is 246 g/mol. The lowest BCUT2D eigenvalue weighted by Gasteiger charge is -2.18. The van der Waals surface area contributed by atoms with Gasteiger partial charge in [0.05, 0.1) is 17.3 Å². The van der Waals surface area contributed by atoms with Gasteiger partial charge in [0.2, 0.25) is 0 Å². The maximum atomic E-state index is 11.1. The lowest BCUT2D eigenvalue weighted by Crippen LogP contribution is -2.20. The Hall–Kier alpha value is -1.80. The Morgan fingerprint density at radius 2 is 1.89 bits per heavy atom. The van der Waals surface area contributed by atoms with Gasteiger partial charge in [-0.3, -0.25) is 9.69 Å². The second kappa shape index (κ2) is 5.69. The summed E-state index contributed by atoms with van der Waals surface area (Å²) in [6.45, 7) is 2.43. The maximum Gasteiger partial charge on any atom is 0.317 e. The summed E-state index contributed by atoms with van der Waals surface area (Å²) in [7, 11) is 0. The minimum atomic E-state index is 0.465. The molecule has 2 aromatic carbocycles. The van der Waals surface area contributed by atoms with Crippen LogP contribution in [0.3, 0.4) is 0 Å². The van der Waals surface area contributed by atoms with Crippen molar-refractivity contribution in [1.29, 1.82) is 0 Å². The Morgan fingerprint density at radius 3 is 2.50 bits per heavy atom. The van der Waals surface area contributed by atoms with Gasteiger partial charge in [-0.1, -0.05) is 48.0 Å². The number of hydrogen-bond acceptors (Lipinski definition) is 1. The molecule has 91 valence electrons. The summed E-state index contributed by atoms with van der Waals surface area (Å²) in [5.41, 5.74) is 2.79. The zero-order valence-electron chi connectivity index (χ0n) is 10.1. The highest BCUT2D eigenvalue weighted by Gasteiger charge is 2.11. The molecule has 0 aliphatic heterocycles. The minimum Gasteiger partial charge on any atom is -0.298 e. The second-order valence-electron chi connectivity index (χ2n) is 4.12. The van der Waals surface area contributed by atoms with Crippen molar-refractivity contribution in [1.82, 2.24) is 0 Å². The van der Waals surface area contributed by atoms with Crippen LogP contribution in [0.25, 0.3) is 0 Å². The maximum absolute atomic E-state index is 11.1. The van der Waals surface area contributed by atoms with Gasteiger partial charge in [0.25, 0.3) is 0 Å². The van der Waals surface area contributed by atoms with Crippen LogP contribution in [0.4, 0.5) is 5.69 Å². The van der Waals surface area contributed by atoms with E-state index in [1.165, 1.54) is 4.90 Å². The van der Waals surface area contributed by atoms with E-state index in [4.69, 9.17) is 11.6 Å². The predicted octanol–water partition coefficient (Wildman–Crippen LogP) is 3.72. The summed E-state index contributed by atoms with van der Waals surface area (Å²) in [5.74, 6) is 0. The Morgan fingerprint density at radius 1 is 1.17 bits per heavy atom. The van der Waals surface area contributed by atoms with E-state index in [-0.39, 0.29) is 0 Å². The third-order valence-electron chi connectivity index (χ3n) is 2.69. The molecule has 0 saturated heterocycles. The normalized spacial score (nSPS) is 10.1. The summed E-state index contributed by atoms with van der Waals surface area (Å²) in [5, 5.41) is 0.564. The first-order valence-corrected chi connectivity index (χ1v) is 6.04. The van der Waals surface area contributed by atoms with E-state index in [1.54, 1.807) is 0 Å². The van der Waals surface area contributed by atoms with Crippen molar-refractivity contribution in [2.24, 2.45) is 0 Å². The molecule has 3 heteroatoms. The zero-order chi connectivity index (χ0) is 13.0. The monoisotopic (exact) mass is 258 g/mol. The zero-order valence-corrected chi connectivity index (χ0v) is 10.8. The SMILES string of the molecule is Cc1ccc(N([C]=O)Cc2ccccc2)c(Cl)c1. The second-order valence-corrected chi connectivity index (χ2v) is 4.53. The van der Waals surface area contributed by atoms with Crippen LogP contribution in [-0.2, 0) is 11.3 Å². The van der Waals surface area contributed by atoms with Gasteiger partial charge in [-0.25, -0.2) is 0 Å². The van der Waals surface area contributed by atoms with Crippen molar-refractivity contribution in [3.8, 4) is 0 Å². The van der Waals surface area contributed by atoms with Gasteiger partial charge < -0.3 is 0 Å². The van der Waals surface area contributed by atoms with Gasteiger partial charge in [0.1, 0.15) is 0 Å². The molecule has 0 heterocycles. The van der Waals surface area contributed by atoms with Crippen molar-refractivity contribution in [3.63, 3.8) is 0 Å². The highest BCUT2D eigenvalue weighted by molar-refractivity contribution is 6.33. The molecule has 18 heavy (non-hydrogen) atoms. The number of benzene rings is 2. The highest BCUT2D eigenvalue weighted by Crippen LogP contribution is 2.27. The van der Waals surface area contributed by atoms with Crippen LogP contribution in [0, 0.1) is 6.92 Å². The fourth-order valence-corrected chi connectivity index (χ4v) is 2.10. The van der Waals surface area contributed by atoms with Crippen LogP contribution >= 0.6 is 11.6 Å². The van der Waals surface area contributed by atoms with Crippen LogP contribution in [0.5, 0.6) is 0 Å². The fraction of sp³-hybridized carbons (Fsp3) is 0.133. The Bertz CT molecular complexity index is 539. The van der Waals surface area contributed by atoms with Crippen LogP contribution < -0.4 is 4.90 Å². The Labute approximate surface area is 112 Å². The van der Waals surface area contributed by atoms with Crippen molar-refractivity contribution >= 4 is 23.7 Å². The highest BCUT2D eigenvalue weighted by atomic mass is 35.5. The van der Waals surface area contributed by atoms with Crippen LogP contribution in [0.1, 0.15) is 11.1 Å². The average molecular weight is 259 g/mol. The van der Waals surface area contributed by atoms with Gasteiger partial charge in [-0.2, -0.15) is 0 Å². The third kappa shape index (κ3) is 2.90. The molecule has 0 N–H and O–H groups in total.